The molecule has 0 aromatic heterocycles. The second kappa shape index (κ2) is 9.09. The summed E-state index contributed by atoms with van der Waals surface area (Å²) in [5, 5.41) is 3.61. The van der Waals surface area contributed by atoms with Crippen LogP contribution in [0.2, 0.25) is 0 Å². The molecular formula is C19H31NO. The summed E-state index contributed by atoms with van der Waals surface area (Å²) in [4.78, 5) is 0. The van der Waals surface area contributed by atoms with E-state index in [0.29, 0.717) is 6.04 Å². The fourth-order valence-electron chi connectivity index (χ4n) is 3.30. The Balaban J connectivity index is 1.82. The molecule has 1 aromatic carbocycles. The summed E-state index contributed by atoms with van der Waals surface area (Å²) in [7, 11) is 0. The van der Waals surface area contributed by atoms with Crippen molar-refractivity contribution in [2.75, 3.05) is 13.2 Å². The molecule has 0 saturated heterocycles. The van der Waals surface area contributed by atoms with Gasteiger partial charge in [0.15, 0.2) is 0 Å². The number of aryl methyl sites for hydroxylation is 1. The van der Waals surface area contributed by atoms with E-state index in [1.165, 1.54) is 50.5 Å². The first kappa shape index (κ1) is 16.4. The Hall–Kier alpha value is -1.02. The van der Waals surface area contributed by atoms with Crippen molar-refractivity contribution in [3.05, 3.63) is 29.8 Å². The predicted octanol–water partition coefficient (Wildman–Crippen LogP) is 4.58. The lowest BCUT2D eigenvalue weighted by molar-refractivity contribution is 0.219. The maximum atomic E-state index is 6.03. The molecule has 1 aliphatic rings. The van der Waals surface area contributed by atoms with Crippen molar-refractivity contribution in [3.63, 3.8) is 0 Å². The van der Waals surface area contributed by atoms with E-state index in [9.17, 15) is 0 Å². The van der Waals surface area contributed by atoms with Crippen LogP contribution in [-0.4, -0.2) is 19.2 Å². The highest BCUT2D eigenvalue weighted by Gasteiger charge is 2.24. The van der Waals surface area contributed by atoms with Crippen LogP contribution in [0.4, 0.5) is 0 Å². The Kier molecular flexibility index (Phi) is 7.08. The molecule has 1 saturated carbocycles. The van der Waals surface area contributed by atoms with Gasteiger partial charge >= 0.3 is 0 Å². The smallest absolute Gasteiger partial charge is 0.119 e. The SMILES string of the molecule is CCCCc1ccc(OCC(NCC)C2CCCC2)cc1. The number of likely N-dealkylation sites (N-methyl/N-ethyl adjacent to an activating group) is 1. The summed E-state index contributed by atoms with van der Waals surface area (Å²) in [6, 6.07) is 9.19. The standard InChI is InChI=1S/C19H31NO/c1-3-5-8-16-11-13-18(14-12-16)21-15-19(20-4-2)17-9-6-7-10-17/h11-14,17,19-20H,3-10,15H2,1-2H3. The van der Waals surface area contributed by atoms with E-state index in [-0.39, 0.29) is 0 Å². The molecule has 1 atom stereocenters. The molecule has 21 heavy (non-hydrogen) atoms. The van der Waals surface area contributed by atoms with E-state index in [1.54, 1.807) is 0 Å². The zero-order valence-corrected chi connectivity index (χ0v) is 13.7. The quantitative estimate of drug-likeness (QED) is 0.718. The van der Waals surface area contributed by atoms with Gasteiger partial charge in [-0.2, -0.15) is 0 Å². The van der Waals surface area contributed by atoms with Crippen molar-refractivity contribution >= 4 is 0 Å². The third-order valence-corrected chi connectivity index (χ3v) is 4.61. The molecule has 0 heterocycles. The molecule has 1 aromatic rings. The summed E-state index contributed by atoms with van der Waals surface area (Å²) in [5.74, 6) is 1.81. The van der Waals surface area contributed by atoms with Gasteiger partial charge in [-0.25, -0.2) is 0 Å². The molecule has 118 valence electrons. The molecule has 2 rings (SSSR count). The van der Waals surface area contributed by atoms with Gasteiger partial charge in [0, 0.05) is 6.04 Å². The van der Waals surface area contributed by atoms with Crippen LogP contribution in [0.1, 0.15) is 57.9 Å². The highest BCUT2D eigenvalue weighted by atomic mass is 16.5. The Bertz CT molecular complexity index is 381. The lowest BCUT2D eigenvalue weighted by Crippen LogP contribution is -2.40. The van der Waals surface area contributed by atoms with Gasteiger partial charge in [-0.3, -0.25) is 0 Å². The van der Waals surface area contributed by atoms with Crippen molar-refractivity contribution < 1.29 is 4.74 Å². The lowest BCUT2D eigenvalue weighted by Gasteiger charge is -2.24. The third kappa shape index (κ3) is 5.35. The minimum atomic E-state index is 0.511. The highest BCUT2D eigenvalue weighted by Crippen LogP contribution is 2.28. The van der Waals surface area contributed by atoms with Gasteiger partial charge in [-0.1, -0.05) is 45.2 Å². The zero-order valence-electron chi connectivity index (χ0n) is 13.7. The zero-order chi connectivity index (χ0) is 14.9. The van der Waals surface area contributed by atoms with Gasteiger partial charge in [-0.15, -0.1) is 0 Å². The fraction of sp³-hybridized carbons (Fsp3) is 0.684. The predicted molar refractivity (Wildman–Crippen MR) is 90.0 cm³/mol. The summed E-state index contributed by atoms with van der Waals surface area (Å²) >= 11 is 0. The molecule has 2 nitrogen and oxygen atoms in total. The van der Waals surface area contributed by atoms with Crippen LogP contribution in [0.5, 0.6) is 5.75 Å². The van der Waals surface area contributed by atoms with Crippen molar-refractivity contribution in [2.24, 2.45) is 5.92 Å². The second-order valence-electron chi connectivity index (χ2n) is 6.27. The van der Waals surface area contributed by atoms with Gasteiger partial charge in [0.1, 0.15) is 12.4 Å². The van der Waals surface area contributed by atoms with Crippen molar-refractivity contribution in [1.29, 1.82) is 0 Å². The van der Waals surface area contributed by atoms with E-state index >= 15 is 0 Å². The van der Waals surface area contributed by atoms with Gasteiger partial charge in [0.05, 0.1) is 0 Å². The molecule has 1 fully saturated rings. The topological polar surface area (TPSA) is 21.3 Å². The van der Waals surface area contributed by atoms with Gasteiger partial charge in [-0.05, 0) is 55.8 Å². The Morgan fingerprint density at radius 1 is 1.14 bits per heavy atom. The second-order valence-corrected chi connectivity index (χ2v) is 6.27. The maximum Gasteiger partial charge on any atom is 0.119 e. The molecule has 0 radical (unpaired) electrons. The lowest BCUT2D eigenvalue weighted by atomic mass is 9.99. The monoisotopic (exact) mass is 289 g/mol. The van der Waals surface area contributed by atoms with E-state index in [0.717, 1.165) is 24.8 Å². The summed E-state index contributed by atoms with van der Waals surface area (Å²) < 4.78 is 6.03. The molecule has 2 heteroatoms. The Morgan fingerprint density at radius 3 is 2.48 bits per heavy atom. The number of rotatable bonds is 9. The summed E-state index contributed by atoms with van der Waals surface area (Å²) in [6.45, 7) is 6.25. The van der Waals surface area contributed by atoms with Crippen LogP contribution in [0.25, 0.3) is 0 Å². The van der Waals surface area contributed by atoms with E-state index in [2.05, 4.69) is 43.4 Å². The minimum Gasteiger partial charge on any atom is -0.492 e. The molecule has 1 N–H and O–H groups in total. The van der Waals surface area contributed by atoms with Crippen LogP contribution in [-0.2, 0) is 6.42 Å². The van der Waals surface area contributed by atoms with E-state index in [1.807, 2.05) is 0 Å². The summed E-state index contributed by atoms with van der Waals surface area (Å²) in [5.41, 5.74) is 1.42. The molecule has 0 bridgehead atoms. The van der Waals surface area contributed by atoms with Crippen LogP contribution >= 0.6 is 0 Å². The number of benzene rings is 1. The summed E-state index contributed by atoms with van der Waals surface area (Å²) in [6.07, 6.45) is 9.19. The number of hydrogen-bond acceptors (Lipinski definition) is 2. The Morgan fingerprint density at radius 2 is 1.86 bits per heavy atom. The van der Waals surface area contributed by atoms with Crippen molar-refractivity contribution in [3.8, 4) is 5.75 Å². The number of unbranched alkanes of at least 4 members (excludes halogenated alkanes) is 1. The Labute approximate surface area is 130 Å². The van der Waals surface area contributed by atoms with Crippen LogP contribution in [0.15, 0.2) is 24.3 Å². The van der Waals surface area contributed by atoms with Crippen molar-refractivity contribution in [2.45, 2.75) is 64.8 Å². The third-order valence-electron chi connectivity index (χ3n) is 4.61. The molecule has 1 unspecified atom stereocenters. The average molecular weight is 289 g/mol. The number of hydrogen-bond donors (Lipinski definition) is 1. The molecular weight excluding hydrogens is 258 g/mol. The van der Waals surface area contributed by atoms with Gasteiger partial charge < -0.3 is 10.1 Å². The first-order valence-electron chi connectivity index (χ1n) is 8.78. The molecule has 0 spiro atoms. The van der Waals surface area contributed by atoms with Crippen LogP contribution in [0.3, 0.4) is 0 Å². The molecule has 0 amide bonds. The first-order chi connectivity index (χ1) is 10.3. The number of nitrogens with one attached hydrogen (secondary N) is 1. The largest absolute Gasteiger partial charge is 0.492 e. The van der Waals surface area contributed by atoms with Crippen LogP contribution in [0, 0.1) is 5.92 Å². The van der Waals surface area contributed by atoms with E-state index < -0.39 is 0 Å². The van der Waals surface area contributed by atoms with Crippen LogP contribution < -0.4 is 10.1 Å². The van der Waals surface area contributed by atoms with E-state index in [4.69, 9.17) is 4.74 Å². The highest BCUT2D eigenvalue weighted by molar-refractivity contribution is 5.27. The fourth-order valence-corrected chi connectivity index (χ4v) is 3.30. The normalized spacial score (nSPS) is 17.0. The minimum absolute atomic E-state index is 0.511. The first-order valence-corrected chi connectivity index (χ1v) is 8.78. The molecule has 0 aliphatic heterocycles. The van der Waals surface area contributed by atoms with Gasteiger partial charge in [0.25, 0.3) is 0 Å². The maximum absolute atomic E-state index is 6.03. The average Bonchev–Trinajstić information content (AvgIpc) is 3.04. The van der Waals surface area contributed by atoms with Crippen molar-refractivity contribution in [1.82, 2.24) is 5.32 Å². The number of ether oxygens (including phenoxy) is 1. The van der Waals surface area contributed by atoms with Gasteiger partial charge in [0.2, 0.25) is 0 Å². The molecule has 1 aliphatic carbocycles.